The standard InChI is InChI=1S/C12H22N2O2S/c1-16-12(15)11(10-3-8-17-9-10)14-6-2-4-13-5-7-14/h10-11,13H,2-9H2,1H3. The molecule has 2 fully saturated rings. The van der Waals surface area contributed by atoms with Crippen LogP contribution in [-0.4, -0.2) is 61.7 Å². The Labute approximate surface area is 107 Å². The van der Waals surface area contributed by atoms with E-state index in [2.05, 4.69) is 10.2 Å². The van der Waals surface area contributed by atoms with Crippen molar-refractivity contribution in [3.63, 3.8) is 0 Å². The number of carbonyl (C=O) groups excluding carboxylic acids is 1. The molecule has 0 saturated carbocycles. The summed E-state index contributed by atoms with van der Waals surface area (Å²) in [6, 6.07) is -0.0186. The number of nitrogens with one attached hydrogen (secondary N) is 1. The van der Waals surface area contributed by atoms with Crippen LogP contribution in [0.4, 0.5) is 0 Å². The summed E-state index contributed by atoms with van der Waals surface area (Å²) in [5, 5.41) is 3.38. The van der Waals surface area contributed by atoms with Gasteiger partial charge in [0.1, 0.15) is 6.04 Å². The van der Waals surface area contributed by atoms with Gasteiger partial charge in [0, 0.05) is 19.6 Å². The Morgan fingerprint density at radius 3 is 3.06 bits per heavy atom. The number of rotatable bonds is 3. The van der Waals surface area contributed by atoms with Gasteiger partial charge >= 0.3 is 5.97 Å². The molecular formula is C12H22N2O2S. The number of esters is 1. The number of ether oxygens (including phenoxy) is 1. The van der Waals surface area contributed by atoms with E-state index >= 15 is 0 Å². The Hall–Kier alpha value is -0.260. The van der Waals surface area contributed by atoms with Crippen molar-refractivity contribution in [2.75, 3.05) is 44.8 Å². The number of nitrogens with zero attached hydrogens (tertiary/aromatic N) is 1. The third-order valence-electron chi connectivity index (χ3n) is 3.62. The molecule has 2 heterocycles. The summed E-state index contributed by atoms with van der Waals surface area (Å²) in [7, 11) is 1.51. The van der Waals surface area contributed by atoms with Gasteiger partial charge in [-0.15, -0.1) is 0 Å². The van der Waals surface area contributed by atoms with Crippen LogP contribution in [0.2, 0.25) is 0 Å². The lowest BCUT2D eigenvalue weighted by molar-refractivity contribution is -0.148. The molecule has 0 aromatic heterocycles. The molecular weight excluding hydrogens is 236 g/mol. The largest absolute Gasteiger partial charge is 0.468 e. The van der Waals surface area contributed by atoms with E-state index in [4.69, 9.17) is 4.74 Å². The molecule has 5 heteroatoms. The maximum atomic E-state index is 12.0. The number of hydrogen-bond donors (Lipinski definition) is 1. The monoisotopic (exact) mass is 258 g/mol. The van der Waals surface area contributed by atoms with E-state index in [1.807, 2.05) is 11.8 Å². The quantitative estimate of drug-likeness (QED) is 0.750. The van der Waals surface area contributed by atoms with Crippen LogP contribution in [0, 0.1) is 5.92 Å². The first kappa shape index (κ1) is 13.2. The average Bonchev–Trinajstić information content (AvgIpc) is 2.73. The van der Waals surface area contributed by atoms with Gasteiger partial charge < -0.3 is 10.1 Å². The first-order valence-electron chi connectivity index (χ1n) is 6.43. The Balaban J connectivity index is 2.04. The number of hydrogen-bond acceptors (Lipinski definition) is 5. The Kier molecular flexibility index (Phi) is 5.13. The molecule has 0 aromatic carbocycles. The molecule has 0 bridgehead atoms. The number of methoxy groups -OCH3 is 1. The lowest BCUT2D eigenvalue weighted by atomic mass is 9.97. The minimum atomic E-state index is -0.0422. The molecule has 0 amide bonds. The van der Waals surface area contributed by atoms with E-state index in [1.54, 1.807) is 0 Å². The van der Waals surface area contributed by atoms with Crippen molar-refractivity contribution in [3.05, 3.63) is 0 Å². The van der Waals surface area contributed by atoms with Crippen LogP contribution in [0.15, 0.2) is 0 Å². The molecule has 2 saturated heterocycles. The number of carbonyl (C=O) groups is 1. The van der Waals surface area contributed by atoms with E-state index in [1.165, 1.54) is 12.9 Å². The van der Waals surface area contributed by atoms with Gasteiger partial charge in [0.25, 0.3) is 0 Å². The highest BCUT2D eigenvalue weighted by atomic mass is 32.2. The molecule has 17 heavy (non-hydrogen) atoms. The zero-order valence-corrected chi connectivity index (χ0v) is 11.3. The normalized spacial score (nSPS) is 28.6. The summed E-state index contributed by atoms with van der Waals surface area (Å²) in [4.78, 5) is 14.3. The molecule has 2 aliphatic rings. The van der Waals surface area contributed by atoms with Gasteiger partial charge in [-0.2, -0.15) is 11.8 Å². The van der Waals surface area contributed by atoms with Crippen molar-refractivity contribution in [1.29, 1.82) is 0 Å². The lowest BCUT2D eigenvalue weighted by Gasteiger charge is -2.32. The van der Waals surface area contributed by atoms with Crippen molar-refractivity contribution in [2.45, 2.75) is 18.9 Å². The molecule has 2 atom stereocenters. The SMILES string of the molecule is COC(=O)C(C1CCSC1)N1CCCNCC1. The molecule has 0 radical (unpaired) electrons. The van der Waals surface area contributed by atoms with Gasteiger partial charge in [-0.1, -0.05) is 0 Å². The fraction of sp³-hybridized carbons (Fsp3) is 0.917. The minimum absolute atomic E-state index is 0.0186. The molecule has 0 spiro atoms. The average molecular weight is 258 g/mol. The van der Waals surface area contributed by atoms with Crippen molar-refractivity contribution in [2.24, 2.45) is 5.92 Å². The first-order valence-corrected chi connectivity index (χ1v) is 7.58. The van der Waals surface area contributed by atoms with Crippen molar-refractivity contribution in [1.82, 2.24) is 10.2 Å². The molecule has 98 valence electrons. The third-order valence-corrected chi connectivity index (χ3v) is 4.81. The van der Waals surface area contributed by atoms with Crippen molar-refractivity contribution >= 4 is 17.7 Å². The maximum absolute atomic E-state index is 12.0. The predicted molar refractivity (Wildman–Crippen MR) is 70.3 cm³/mol. The van der Waals surface area contributed by atoms with E-state index in [9.17, 15) is 4.79 Å². The second-order valence-corrected chi connectivity index (χ2v) is 5.88. The van der Waals surface area contributed by atoms with Crippen LogP contribution in [-0.2, 0) is 9.53 Å². The Morgan fingerprint density at radius 2 is 2.35 bits per heavy atom. The predicted octanol–water partition coefficient (Wildman–Crippen LogP) is 0.576. The zero-order valence-electron chi connectivity index (χ0n) is 10.5. The highest BCUT2D eigenvalue weighted by molar-refractivity contribution is 7.99. The van der Waals surface area contributed by atoms with Crippen LogP contribution in [0.3, 0.4) is 0 Å². The summed E-state index contributed by atoms with van der Waals surface area (Å²) in [5.41, 5.74) is 0. The minimum Gasteiger partial charge on any atom is -0.468 e. The molecule has 0 aromatic rings. The Bertz CT molecular complexity index is 249. The highest BCUT2D eigenvalue weighted by Gasteiger charge is 2.36. The van der Waals surface area contributed by atoms with Crippen molar-refractivity contribution in [3.8, 4) is 0 Å². The van der Waals surface area contributed by atoms with E-state index in [0.717, 1.165) is 44.8 Å². The molecule has 0 aliphatic carbocycles. The third kappa shape index (κ3) is 3.36. The molecule has 4 nitrogen and oxygen atoms in total. The second kappa shape index (κ2) is 6.61. The van der Waals surface area contributed by atoms with Crippen LogP contribution >= 0.6 is 11.8 Å². The van der Waals surface area contributed by atoms with Crippen LogP contribution < -0.4 is 5.32 Å². The first-order chi connectivity index (χ1) is 8.33. The van der Waals surface area contributed by atoms with Crippen LogP contribution in [0.1, 0.15) is 12.8 Å². The number of thioether (sulfide) groups is 1. The summed E-state index contributed by atoms with van der Waals surface area (Å²) in [6.45, 7) is 4.01. The van der Waals surface area contributed by atoms with Crippen LogP contribution in [0.5, 0.6) is 0 Å². The van der Waals surface area contributed by atoms with Crippen LogP contribution in [0.25, 0.3) is 0 Å². The fourth-order valence-electron chi connectivity index (χ4n) is 2.71. The maximum Gasteiger partial charge on any atom is 0.323 e. The van der Waals surface area contributed by atoms with E-state index in [-0.39, 0.29) is 12.0 Å². The van der Waals surface area contributed by atoms with E-state index in [0.29, 0.717) is 5.92 Å². The van der Waals surface area contributed by atoms with Gasteiger partial charge in [-0.05, 0) is 36.8 Å². The second-order valence-electron chi connectivity index (χ2n) is 4.73. The Morgan fingerprint density at radius 1 is 1.47 bits per heavy atom. The molecule has 1 N–H and O–H groups in total. The summed E-state index contributed by atoms with van der Waals surface area (Å²) in [5.74, 6) is 2.72. The zero-order chi connectivity index (χ0) is 12.1. The van der Waals surface area contributed by atoms with Gasteiger partial charge in [-0.25, -0.2) is 0 Å². The van der Waals surface area contributed by atoms with Gasteiger partial charge in [0.05, 0.1) is 7.11 Å². The van der Waals surface area contributed by atoms with E-state index < -0.39 is 0 Å². The lowest BCUT2D eigenvalue weighted by Crippen LogP contribution is -2.48. The smallest absolute Gasteiger partial charge is 0.323 e. The fourth-order valence-corrected chi connectivity index (χ4v) is 3.99. The molecule has 2 unspecified atom stereocenters. The van der Waals surface area contributed by atoms with Gasteiger partial charge in [0.2, 0.25) is 0 Å². The van der Waals surface area contributed by atoms with Gasteiger partial charge in [0.15, 0.2) is 0 Å². The summed E-state index contributed by atoms with van der Waals surface area (Å²) >= 11 is 1.96. The van der Waals surface area contributed by atoms with Crippen molar-refractivity contribution < 1.29 is 9.53 Å². The summed E-state index contributed by atoms with van der Waals surface area (Å²) < 4.78 is 5.01. The molecule has 2 aliphatic heterocycles. The van der Waals surface area contributed by atoms with Gasteiger partial charge in [-0.3, -0.25) is 9.69 Å². The summed E-state index contributed by atoms with van der Waals surface area (Å²) in [6.07, 6.45) is 2.27. The highest BCUT2D eigenvalue weighted by Crippen LogP contribution is 2.29. The molecule has 2 rings (SSSR count). The topological polar surface area (TPSA) is 41.6 Å².